The molecule has 0 aromatic heterocycles. The van der Waals surface area contributed by atoms with Crippen LogP contribution in [0.3, 0.4) is 0 Å². The molecule has 7 heteroatoms. The van der Waals surface area contributed by atoms with Gasteiger partial charge in [0, 0.05) is 18.2 Å². The number of rotatable bonds is 4. The van der Waals surface area contributed by atoms with Crippen molar-refractivity contribution in [2.75, 3.05) is 6.54 Å². The van der Waals surface area contributed by atoms with Crippen molar-refractivity contribution >= 4 is 24.0 Å². The van der Waals surface area contributed by atoms with E-state index in [9.17, 15) is 14.9 Å². The largest absolute Gasteiger partial charge is 0.350 e. The van der Waals surface area contributed by atoms with Crippen molar-refractivity contribution in [3.63, 3.8) is 0 Å². The second-order valence-electron chi connectivity index (χ2n) is 4.25. The van der Waals surface area contributed by atoms with E-state index >= 15 is 0 Å². The second-order valence-corrected chi connectivity index (χ2v) is 4.25. The topological polar surface area (TPSA) is 84.3 Å². The van der Waals surface area contributed by atoms with E-state index in [0.717, 1.165) is 19.4 Å². The zero-order valence-corrected chi connectivity index (χ0v) is 11.1. The smallest absolute Gasteiger partial charge is 0.274 e. The van der Waals surface area contributed by atoms with Gasteiger partial charge in [-0.25, -0.2) is 0 Å². The van der Waals surface area contributed by atoms with Crippen molar-refractivity contribution in [2.24, 2.45) is 0 Å². The third-order valence-electron chi connectivity index (χ3n) is 3.02. The molecule has 0 radical (unpaired) electrons. The molecule has 0 bridgehead atoms. The summed E-state index contributed by atoms with van der Waals surface area (Å²) in [5, 5.41) is 16.6. The van der Waals surface area contributed by atoms with Gasteiger partial charge in [0.1, 0.15) is 0 Å². The Morgan fingerprint density at radius 1 is 1.47 bits per heavy atom. The van der Waals surface area contributed by atoms with E-state index in [1.807, 2.05) is 0 Å². The highest BCUT2D eigenvalue weighted by atomic mass is 35.5. The Hall–Kier alpha value is -1.66. The van der Waals surface area contributed by atoms with Crippen LogP contribution in [0.25, 0.3) is 0 Å². The number of benzene rings is 1. The minimum absolute atomic E-state index is 0. The number of halogens is 1. The van der Waals surface area contributed by atoms with E-state index in [-0.39, 0.29) is 36.6 Å². The molecule has 1 aromatic carbocycles. The maximum Gasteiger partial charge on any atom is 0.274 e. The first-order valence-electron chi connectivity index (χ1n) is 5.92. The molecule has 1 aliphatic heterocycles. The van der Waals surface area contributed by atoms with Gasteiger partial charge in [0.05, 0.1) is 11.0 Å². The number of para-hydroxylation sites is 1. The molecule has 0 unspecified atom stereocenters. The summed E-state index contributed by atoms with van der Waals surface area (Å²) >= 11 is 0. The number of nitrogens with one attached hydrogen (secondary N) is 2. The summed E-state index contributed by atoms with van der Waals surface area (Å²) in [5.74, 6) is -0.0920. The third kappa shape index (κ3) is 3.90. The Balaban J connectivity index is 0.00000180. The highest BCUT2D eigenvalue weighted by molar-refractivity contribution is 5.85. The first kappa shape index (κ1) is 15.4. The summed E-state index contributed by atoms with van der Waals surface area (Å²) in [6.45, 7) is 1.04. The van der Waals surface area contributed by atoms with Gasteiger partial charge in [-0.05, 0) is 19.4 Å². The van der Waals surface area contributed by atoms with Crippen LogP contribution in [0.2, 0.25) is 0 Å². The summed E-state index contributed by atoms with van der Waals surface area (Å²) in [6.07, 6.45) is 1.81. The summed E-state index contributed by atoms with van der Waals surface area (Å²) in [6, 6.07) is 6.27. The van der Waals surface area contributed by atoms with E-state index in [2.05, 4.69) is 10.6 Å². The molecule has 0 spiro atoms. The van der Waals surface area contributed by atoms with Crippen LogP contribution in [0.15, 0.2) is 24.3 Å². The number of nitro benzene ring substituents is 1. The van der Waals surface area contributed by atoms with E-state index in [1.165, 1.54) is 6.07 Å². The molecule has 1 aliphatic rings. The zero-order chi connectivity index (χ0) is 13.0. The molecule has 1 aromatic rings. The van der Waals surface area contributed by atoms with E-state index in [4.69, 9.17) is 0 Å². The monoisotopic (exact) mass is 285 g/mol. The molecule has 2 rings (SSSR count). The highest BCUT2D eigenvalue weighted by Crippen LogP contribution is 2.17. The van der Waals surface area contributed by atoms with E-state index in [1.54, 1.807) is 18.2 Å². The minimum atomic E-state index is -0.435. The highest BCUT2D eigenvalue weighted by Gasteiger charge is 2.22. The van der Waals surface area contributed by atoms with Gasteiger partial charge in [-0.1, -0.05) is 18.2 Å². The standard InChI is InChI=1S/C12H15N3O3.ClH/c16-12(10-5-3-7-13-10)14-8-9-4-1-2-6-11(9)15(17)18;/h1-2,4,6,10,13H,3,5,7-8H2,(H,14,16);1H/t10-;/m0./s1. The Morgan fingerprint density at radius 2 is 2.21 bits per heavy atom. The lowest BCUT2D eigenvalue weighted by molar-refractivity contribution is -0.385. The van der Waals surface area contributed by atoms with Crippen LogP contribution in [0.5, 0.6) is 0 Å². The number of carbonyl (C=O) groups excluding carboxylic acids is 1. The van der Waals surface area contributed by atoms with Gasteiger partial charge in [-0.15, -0.1) is 12.4 Å². The SMILES string of the molecule is Cl.O=C(NCc1ccccc1[N+](=O)[O-])[C@@H]1CCCN1. The molecule has 1 saturated heterocycles. The van der Waals surface area contributed by atoms with Gasteiger partial charge >= 0.3 is 0 Å². The van der Waals surface area contributed by atoms with Crippen LogP contribution in [0, 0.1) is 10.1 Å². The summed E-state index contributed by atoms with van der Waals surface area (Å²) in [4.78, 5) is 22.1. The Kier molecular flexibility index (Phi) is 5.72. The fourth-order valence-corrected chi connectivity index (χ4v) is 2.05. The van der Waals surface area contributed by atoms with E-state index < -0.39 is 4.92 Å². The molecule has 19 heavy (non-hydrogen) atoms. The first-order chi connectivity index (χ1) is 8.68. The quantitative estimate of drug-likeness (QED) is 0.647. The number of hydrogen-bond donors (Lipinski definition) is 2. The number of hydrogen-bond acceptors (Lipinski definition) is 4. The number of amides is 1. The molecule has 0 saturated carbocycles. The van der Waals surface area contributed by atoms with Crippen molar-refractivity contribution < 1.29 is 9.72 Å². The summed E-state index contributed by atoms with van der Waals surface area (Å²) < 4.78 is 0. The Morgan fingerprint density at radius 3 is 2.84 bits per heavy atom. The van der Waals surface area contributed by atoms with Crippen LogP contribution < -0.4 is 10.6 Å². The lowest BCUT2D eigenvalue weighted by Crippen LogP contribution is -2.40. The van der Waals surface area contributed by atoms with Crippen LogP contribution >= 0.6 is 12.4 Å². The van der Waals surface area contributed by atoms with E-state index in [0.29, 0.717) is 5.56 Å². The van der Waals surface area contributed by atoms with Gasteiger partial charge in [0.2, 0.25) is 5.91 Å². The van der Waals surface area contributed by atoms with Gasteiger partial charge < -0.3 is 10.6 Å². The molecule has 1 amide bonds. The molecule has 1 fully saturated rings. The Bertz CT molecular complexity index is 461. The normalized spacial score (nSPS) is 17.6. The molecule has 2 N–H and O–H groups in total. The van der Waals surface area contributed by atoms with Gasteiger partial charge in [0.25, 0.3) is 5.69 Å². The fourth-order valence-electron chi connectivity index (χ4n) is 2.05. The number of nitrogens with zero attached hydrogens (tertiary/aromatic N) is 1. The molecular formula is C12H16ClN3O3. The van der Waals surface area contributed by atoms with Crippen LogP contribution in [0.1, 0.15) is 18.4 Å². The van der Waals surface area contributed by atoms with Crippen LogP contribution in [-0.4, -0.2) is 23.4 Å². The average Bonchev–Trinajstić information content (AvgIpc) is 2.90. The summed E-state index contributed by atoms with van der Waals surface area (Å²) in [5.41, 5.74) is 0.561. The van der Waals surface area contributed by atoms with Gasteiger partial charge in [0.15, 0.2) is 0 Å². The maximum absolute atomic E-state index is 11.8. The molecule has 104 valence electrons. The molecule has 0 aliphatic carbocycles. The van der Waals surface area contributed by atoms with Crippen LogP contribution in [0.4, 0.5) is 5.69 Å². The van der Waals surface area contributed by atoms with Crippen molar-refractivity contribution in [3.05, 3.63) is 39.9 Å². The molecule has 6 nitrogen and oxygen atoms in total. The third-order valence-corrected chi connectivity index (χ3v) is 3.02. The fraction of sp³-hybridized carbons (Fsp3) is 0.417. The lowest BCUT2D eigenvalue weighted by Gasteiger charge is -2.11. The lowest BCUT2D eigenvalue weighted by atomic mass is 10.1. The average molecular weight is 286 g/mol. The van der Waals surface area contributed by atoms with Gasteiger partial charge in [-0.2, -0.15) is 0 Å². The number of carbonyl (C=O) groups is 1. The van der Waals surface area contributed by atoms with Crippen molar-refractivity contribution in [3.8, 4) is 0 Å². The van der Waals surface area contributed by atoms with Crippen molar-refractivity contribution in [1.82, 2.24) is 10.6 Å². The van der Waals surface area contributed by atoms with Crippen LogP contribution in [-0.2, 0) is 11.3 Å². The zero-order valence-electron chi connectivity index (χ0n) is 10.3. The minimum Gasteiger partial charge on any atom is -0.350 e. The predicted octanol–water partition coefficient (Wildman–Crippen LogP) is 1.38. The van der Waals surface area contributed by atoms with Crippen molar-refractivity contribution in [1.29, 1.82) is 0 Å². The summed E-state index contributed by atoms with van der Waals surface area (Å²) in [7, 11) is 0. The van der Waals surface area contributed by atoms with Crippen molar-refractivity contribution in [2.45, 2.75) is 25.4 Å². The molecular weight excluding hydrogens is 270 g/mol. The molecule has 1 atom stereocenters. The Labute approximate surface area is 117 Å². The van der Waals surface area contributed by atoms with Gasteiger partial charge in [-0.3, -0.25) is 14.9 Å². The predicted molar refractivity (Wildman–Crippen MR) is 73.2 cm³/mol. The second kappa shape index (κ2) is 7.06. The molecule has 1 heterocycles. The first-order valence-corrected chi connectivity index (χ1v) is 5.92. The number of nitro groups is 1. The maximum atomic E-state index is 11.8.